The fourth-order valence-electron chi connectivity index (χ4n) is 4.10. The van der Waals surface area contributed by atoms with Gasteiger partial charge in [0.05, 0.1) is 0 Å². The highest BCUT2D eigenvalue weighted by atomic mass is 32.2. The third kappa shape index (κ3) is 4.17. The zero-order chi connectivity index (χ0) is 15.6. The predicted molar refractivity (Wildman–Crippen MR) is 96.1 cm³/mol. The molecule has 4 atom stereocenters. The average Bonchev–Trinajstić information content (AvgIpc) is 2.45. The normalized spacial score (nSPS) is 36.1. The number of piperazine rings is 1. The summed E-state index contributed by atoms with van der Waals surface area (Å²) in [6, 6.07) is 2.13. The molecule has 0 aromatic carbocycles. The summed E-state index contributed by atoms with van der Waals surface area (Å²) < 4.78 is 0. The average molecular weight is 313 g/mol. The van der Waals surface area contributed by atoms with Crippen molar-refractivity contribution >= 4 is 11.8 Å². The van der Waals surface area contributed by atoms with Gasteiger partial charge in [0, 0.05) is 36.5 Å². The molecule has 124 valence electrons. The number of nitrogens with zero attached hydrogens (tertiary/aromatic N) is 1. The van der Waals surface area contributed by atoms with Crippen LogP contribution < -0.4 is 5.32 Å². The van der Waals surface area contributed by atoms with Crippen molar-refractivity contribution in [2.45, 2.75) is 83.7 Å². The fraction of sp³-hybridized carbons (Fsp3) is 1.00. The zero-order valence-electron chi connectivity index (χ0n) is 15.0. The van der Waals surface area contributed by atoms with Crippen molar-refractivity contribution in [3.63, 3.8) is 0 Å². The van der Waals surface area contributed by atoms with Crippen molar-refractivity contribution in [3.05, 3.63) is 0 Å². The van der Waals surface area contributed by atoms with Gasteiger partial charge in [-0.2, -0.15) is 11.8 Å². The molecule has 1 saturated carbocycles. The Morgan fingerprint density at radius 3 is 2.38 bits per heavy atom. The first-order valence-electron chi connectivity index (χ1n) is 8.86. The maximum atomic E-state index is 3.84. The summed E-state index contributed by atoms with van der Waals surface area (Å²) in [7, 11) is 0. The van der Waals surface area contributed by atoms with E-state index in [4.69, 9.17) is 0 Å². The molecule has 2 nitrogen and oxygen atoms in total. The van der Waals surface area contributed by atoms with Crippen molar-refractivity contribution < 1.29 is 0 Å². The monoisotopic (exact) mass is 312 g/mol. The molecule has 2 fully saturated rings. The van der Waals surface area contributed by atoms with Crippen LogP contribution in [-0.2, 0) is 0 Å². The number of hydrogen-bond acceptors (Lipinski definition) is 3. The first kappa shape index (κ1) is 17.6. The molecule has 4 unspecified atom stereocenters. The molecule has 0 aromatic rings. The summed E-state index contributed by atoms with van der Waals surface area (Å²) in [6.07, 6.45) is 8.00. The third-order valence-corrected chi connectivity index (χ3v) is 6.76. The van der Waals surface area contributed by atoms with Gasteiger partial charge in [0.15, 0.2) is 0 Å². The van der Waals surface area contributed by atoms with E-state index in [1.54, 1.807) is 0 Å². The standard InChI is InChI=1S/C18H36N2S/c1-13(2)15-11-19-17(18(3,4)5)12-20(15)14-9-7-8-10-16(14)21-6/h13-17,19H,7-12H2,1-6H3. The van der Waals surface area contributed by atoms with Crippen molar-refractivity contribution in [3.8, 4) is 0 Å². The molecule has 0 spiro atoms. The molecular weight excluding hydrogens is 276 g/mol. The summed E-state index contributed by atoms with van der Waals surface area (Å²) in [5, 5.41) is 4.69. The van der Waals surface area contributed by atoms with Gasteiger partial charge in [-0.05, 0) is 30.4 Å². The van der Waals surface area contributed by atoms with Crippen molar-refractivity contribution in [1.82, 2.24) is 10.2 Å². The van der Waals surface area contributed by atoms with E-state index in [-0.39, 0.29) is 0 Å². The molecule has 1 N–H and O–H groups in total. The Morgan fingerprint density at radius 2 is 1.81 bits per heavy atom. The van der Waals surface area contributed by atoms with Gasteiger partial charge in [-0.25, -0.2) is 0 Å². The van der Waals surface area contributed by atoms with Gasteiger partial charge in [-0.1, -0.05) is 47.5 Å². The first-order valence-corrected chi connectivity index (χ1v) is 10.1. The van der Waals surface area contributed by atoms with E-state index in [1.165, 1.54) is 32.2 Å². The summed E-state index contributed by atoms with van der Waals surface area (Å²) in [5.41, 5.74) is 0.351. The minimum absolute atomic E-state index is 0.351. The lowest BCUT2D eigenvalue weighted by Crippen LogP contribution is -2.65. The lowest BCUT2D eigenvalue weighted by molar-refractivity contribution is 0.0189. The van der Waals surface area contributed by atoms with Gasteiger partial charge in [-0.15, -0.1) is 0 Å². The maximum Gasteiger partial charge on any atom is 0.0247 e. The smallest absolute Gasteiger partial charge is 0.0247 e. The summed E-state index contributed by atoms with van der Waals surface area (Å²) in [6.45, 7) is 14.3. The van der Waals surface area contributed by atoms with E-state index in [0.717, 1.165) is 23.8 Å². The summed E-state index contributed by atoms with van der Waals surface area (Å²) >= 11 is 2.11. The number of thioether (sulfide) groups is 1. The van der Waals surface area contributed by atoms with Crippen LogP contribution in [0.4, 0.5) is 0 Å². The Kier molecular flexibility index (Phi) is 6.07. The highest BCUT2D eigenvalue weighted by Crippen LogP contribution is 2.35. The number of nitrogens with one attached hydrogen (secondary N) is 1. The molecule has 1 aliphatic heterocycles. The van der Waals surface area contributed by atoms with Crippen LogP contribution in [0.25, 0.3) is 0 Å². The molecule has 0 radical (unpaired) electrons. The summed E-state index contributed by atoms with van der Waals surface area (Å²) in [4.78, 5) is 2.90. The minimum Gasteiger partial charge on any atom is -0.311 e. The van der Waals surface area contributed by atoms with Crippen molar-refractivity contribution in [2.75, 3.05) is 19.3 Å². The molecule has 1 aliphatic carbocycles. The molecule has 21 heavy (non-hydrogen) atoms. The van der Waals surface area contributed by atoms with Crippen LogP contribution in [0.1, 0.15) is 60.3 Å². The van der Waals surface area contributed by atoms with Crippen LogP contribution in [0.3, 0.4) is 0 Å². The SMILES string of the molecule is CSC1CCCCC1N1CC(C(C)(C)C)NCC1C(C)C. The zero-order valence-corrected chi connectivity index (χ0v) is 15.8. The van der Waals surface area contributed by atoms with Crippen LogP contribution >= 0.6 is 11.8 Å². The Morgan fingerprint density at radius 1 is 1.14 bits per heavy atom. The van der Waals surface area contributed by atoms with E-state index in [9.17, 15) is 0 Å². The largest absolute Gasteiger partial charge is 0.311 e. The molecule has 3 heteroatoms. The maximum absolute atomic E-state index is 3.84. The second-order valence-corrected chi connectivity index (χ2v) is 9.54. The Balaban J connectivity index is 2.16. The van der Waals surface area contributed by atoms with Crippen molar-refractivity contribution in [1.29, 1.82) is 0 Å². The lowest BCUT2D eigenvalue weighted by Gasteiger charge is -2.52. The van der Waals surface area contributed by atoms with Crippen LogP contribution in [0.2, 0.25) is 0 Å². The minimum atomic E-state index is 0.351. The highest BCUT2D eigenvalue weighted by Gasteiger charge is 2.41. The van der Waals surface area contributed by atoms with E-state index >= 15 is 0 Å². The lowest BCUT2D eigenvalue weighted by atomic mass is 9.81. The molecule has 2 rings (SSSR count). The second-order valence-electron chi connectivity index (χ2n) is 8.46. The van der Waals surface area contributed by atoms with Crippen molar-refractivity contribution in [2.24, 2.45) is 11.3 Å². The van der Waals surface area contributed by atoms with Gasteiger partial charge < -0.3 is 5.32 Å². The second kappa shape index (κ2) is 7.23. The van der Waals surface area contributed by atoms with E-state index in [2.05, 4.69) is 62.9 Å². The molecule has 1 heterocycles. The molecule has 0 bridgehead atoms. The van der Waals surface area contributed by atoms with Gasteiger partial charge in [0.2, 0.25) is 0 Å². The summed E-state index contributed by atoms with van der Waals surface area (Å²) in [5.74, 6) is 0.739. The Labute approximate surface area is 136 Å². The van der Waals surface area contributed by atoms with Gasteiger partial charge in [0.25, 0.3) is 0 Å². The number of rotatable bonds is 3. The van der Waals surface area contributed by atoms with E-state index < -0.39 is 0 Å². The molecule has 2 aliphatic rings. The highest BCUT2D eigenvalue weighted by molar-refractivity contribution is 7.99. The fourth-order valence-corrected chi connectivity index (χ4v) is 5.11. The van der Waals surface area contributed by atoms with Gasteiger partial charge in [-0.3, -0.25) is 4.90 Å². The van der Waals surface area contributed by atoms with Gasteiger partial charge >= 0.3 is 0 Å². The Bertz CT molecular complexity index is 324. The van der Waals surface area contributed by atoms with Crippen LogP contribution in [0.5, 0.6) is 0 Å². The van der Waals surface area contributed by atoms with Gasteiger partial charge in [0.1, 0.15) is 0 Å². The topological polar surface area (TPSA) is 15.3 Å². The quantitative estimate of drug-likeness (QED) is 0.848. The van der Waals surface area contributed by atoms with E-state index in [1.807, 2.05) is 0 Å². The van der Waals surface area contributed by atoms with Crippen LogP contribution in [0.15, 0.2) is 0 Å². The third-order valence-electron chi connectivity index (χ3n) is 5.60. The van der Waals surface area contributed by atoms with E-state index in [0.29, 0.717) is 17.5 Å². The Hall–Kier alpha value is 0.270. The molecule has 1 saturated heterocycles. The molecule has 0 aromatic heterocycles. The first-order chi connectivity index (χ1) is 9.84. The predicted octanol–water partition coefficient (Wildman–Crippen LogP) is 4.01. The molecule has 0 amide bonds. The van der Waals surface area contributed by atoms with Crippen LogP contribution in [0, 0.1) is 11.3 Å². The van der Waals surface area contributed by atoms with Crippen LogP contribution in [-0.4, -0.2) is 47.6 Å². The number of hydrogen-bond donors (Lipinski definition) is 1. The molecular formula is C18H36N2S.